The highest BCUT2D eigenvalue weighted by molar-refractivity contribution is 5.94. The number of aryl methyl sites for hydroxylation is 1. The van der Waals surface area contributed by atoms with Gasteiger partial charge < -0.3 is 10.2 Å². The first-order chi connectivity index (χ1) is 11.1. The first-order valence-corrected chi connectivity index (χ1v) is 8.68. The second kappa shape index (κ2) is 6.72. The van der Waals surface area contributed by atoms with E-state index in [1.54, 1.807) is 11.1 Å². The molecule has 6 nitrogen and oxygen atoms in total. The summed E-state index contributed by atoms with van der Waals surface area (Å²) in [5.74, 6) is 1.40. The first-order valence-electron chi connectivity index (χ1n) is 8.68. The number of hydrogen-bond donors (Lipinski definition) is 1. The van der Waals surface area contributed by atoms with E-state index in [1.807, 2.05) is 11.6 Å². The van der Waals surface area contributed by atoms with Crippen LogP contribution in [0.3, 0.4) is 0 Å². The number of nitrogens with one attached hydrogen (secondary N) is 1. The zero-order valence-corrected chi connectivity index (χ0v) is 14.0. The van der Waals surface area contributed by atoms with Gasteiger partial charge in [-0.2, -0.15) is 5.10 Å². The monoisotopic (exact) mass is 318 g/mol. The van der Waals surface area contributed by atoms with Crippen LogP contribution in [-0.2, 0) is 9.59 Å². The van der Waals surface area contributed by atoms with Crippen LogP contribution in [0, 0.1) is 12.8 Å². The fourth-order valence-electron chi connectivity index (χ4n) is 3.24. The number of rotatable bonds is 5. The summed E-state index contributed by atoms with van der Waals surface area (Å²) in [6, 6.07) is 0.304. The Kier molecular flexibility index (Phi) is 4.68. The van der Waals surface area contributed by atoms with Crippen molar-refractivity contribution in [3.8, 4) is 0 Å². The zero-order chi connectivity index (χ0) is 16.4. The van der Waals surface area contributed by atoms with Crippen LogP contribution in [-0.4, -0.2) is 39.6 Å². The summed E-state index contributed by atoms with van der Waals surface area (Å²) in [6.45, 7) is 4.93. The fourth-order valence-corrected chi connectivity index (χ4v) is 3.24. The maximum absolute atomic E-state index is 12.4. The minimum absolute atomic E-state index is 0.0919. The van der Waals surface area contributed by atoms with Crippen molar-refractivity contribution in [2.24, 2.45) is 5.92 Å². The van der Waals surface area contributed by atoms with Crippen molar-refractivity contribution in [2.45, 2.75) is 58.4 Å². The molecule has 1 aliphatic carbocycles. The Balaban J connectivity index is 1.65. The van der Waals surface area contributed by atoms with Crippen LogP contribution in [0.2, 0.25) is 0 Å². The van der Waals surface area contributed by atoms with Crippen LogP contribution in [0.4, 0.5) is 5.82 Å². The summed E-state index contributed by atoms with van der Waals surface area (Å²) in [4.78, 5) is 26.1. The molecule has 3 rings (SSSR count). The van der Waals surface area contributed by atoms with Crippen LogP contribution < -0.4 is 5.32 Å². The van der Waals surface area contributed by atoms with E-state index >= 15 is 0 Å². The maximum Gasteiger partial charge on any atom is 0.245 e. The molecule has 0 spiro atoms. The Hall–Kier alpha value is -1.85. The molecule has 1 aliphatic heterocycles. The van der Waals surface area contributed by atoms with Crippen LogP contribution in [0.1, 0.15) is 57.1 Å². The third-order valence-corrected chi connectivity index (χ3v) is 4.93. The Morgan fingerprint density at radius 3 is 2.91 bits per heavy atom. The van der Waals surface area contributed by atoms with E-state index in [9.17, 15) is 9.59 Å². The van der Waals surface area contributed by atoms with Crippen molar-refractivity contribution < 1.29 is 9.59 Å². The quantitative estimate of drug-likeness (QED) is 0.907. The second-order valence-electron chi connectivity index (χ2n) is 6.87. The summed E-state index contributed by atoms with van der Waals surface area (Å²) in [7, 11) is 0. The van der Waals surface area contributed by atoms with E-state index in [0.29, 0.717) is 24.9 Å². The number of carbonyl (C=O) groups is 2. The van der Waals surface area contributed by atoms with E-state index in [1.165, 1.54) is 12.8 Å². The first kappa shape index (κ1) is 16.0. The minimum atomic E-state index is -0.131. The summed E-state index contributed by atoms with van der Waals surface area (Å²) < 4.78 is 1.93. The third-order valence-electron chi connectivity index (χ3n) is 4.93. The van der Waals surface area contributed by atoms with E-state index < -0.39 is 0 Å². The van der Waals surface area contributed by atoms with Gasteiger partial charge >= 0.3 is 0 Å². The number of hydrogen-bond acceptors (Lipinski definition) is 3. The Labute approximate surface area is 137 Å². The SMILES string of the molecule is Cc1cnn(C(C)C2CC2)c1NC(=O)CN1CCCCCC1=O. The summed E-state index contributed by atoms with van der Waals surface area (Å²) >= 11 is 0. The zero-order valence-electron chi connectivity index (χ0n) is 14.0. The number of nitrogens with zero attached hydrogens (tertiary/aromatic N) is 3. The molecule has 1 atom stereocenters. The molecule has 0 radical (unpaired) electrons. The molecule has 23 heavy (non-hydrogen) atoms. The number of amides is 2. The van der Waals surface area contributed by atoms with Gasteiger partial charge in [0.2, 0.25) is 11.8 Å². The average molecular weight is 318 g/mol. The number of aromatic nitrogens is 2. The topological polar surface area (TPSA) is 67.2 Å². The predicted molar refractivity (Wildman–Crippen MR) is 88.1 cm³/mol. The lowest BCUT2D eigenvalue weighted by Gasteiger charge is -2.21. The largest absolute Gasteiger partial charge is 0.333 e. The number of carbonyl (C=O) groups excluding carboxylic acids is 2. The number of anilines is 1. The van der Waals surface area contributed by atoms with Crippen molar-refractivity contribution in [3.63, 3.8) is 0 Å². The van der Waals surface area contributed by atoms with E-state index in [-0.39, 0.29) is 18.4 Å². The lowest BCUT2D eigenvalue weighted by molar-refractivity contribution is -0.134. The highest BCUT2D eigenvalue weighted by Crippen LogP contribution is 2.40. The van der Waals surface area contributed by atoms with Gasteiger partial charge in [-0.3, -0.25) is 9.59 Å². The van der Waals surface area contributed by atoms with Crippen LogP contribution in [0.25, 0.3) is 0 Å². The predicted octanol–water partition coefficient (Wildman–Crippen LogP) is 2.50. The normalized spacial score (nSPS) is 20.3. The lowest BCUT2D eigenvalue weighted by Crippen LogP contribution is -2.38. The molecule has 1 saturated heterocycles. The van der Waals surface area contributed by atoms with Crippen molar-refractivity contribution >= 4 is 17.6 Å². The summed E-state index contributed by atoms with van der Waals surface area (Å²) in [5.41, 5.74) is 0.966. The van der Waals surface area contributed by atoms with Crippen molar-refractivity contribution in [2.75, 3.05) is 18.4 Å². The smallest absolute Gasteiger partial charge is 0.245 e. The molecule has 126 valence electrons. The number of likely N-dealkylation sites (tertiary alicyclic amines) is 1. The van der Waals surface area contributed by atoms with E-state index in [4.69, 9.17) is 0 Å². The van der Waals surface area contributed by atoms with Gasteiger partial charge in [0.05, 0.1) is 18.8 Å². The Bertz CT molecular complexity index is 591. The molecule has 1 unspecified atom stereocenters. The molecule has 2 fully saturated rings. The minimum Gasteiger partial charge on any atom is -0.333 e. The van der Waals surface area contributed by atoms with Gasteiger partial charge in [0.25, 0.3) is 0 Å². The van der Waals surface area contributed by atoms with Gasteiger partial charge in [0.15, 0.2) is 0 Å². The summed E-state index contributed by atoms with van der Waals surface area (Å²) in [6.07, 6.45) is 7.80. The van der Waals surface area contributed by atoms with Gasteiger partial charge in [0, 0.05) is 18.5 Å². The Morgan fingerprint density at radius 2 is 2.17 bits per heavy atom. The van der Waals surface area contributed by atoms with Gasteiger partial charge in [-0.1, -0.05) is 6.42 Å². The van der Waals surface area contributed by atoms with Crippen molar-refractivity contribution in [1.82, 2.24) is 14.7 Å². The molecule has 0 aromatic carbocycles. The van der Waals surface area contributed by atoms with Gasteiger partial charge in [-0.15, -0.1) is 0 Å². The molecule has 6 heteroatoms. The Morgan fingerprint density at radius 1 is 1.39 bits per heavy atom. The average Bonchev–Trinajstić information content (AvgIpc) is 3.32. The molecular formula is C17H26N4O2. The van der Waals surface area contributed by atoms with Crippen LogP contribution in [0.15, 0.2) is 6.20 Å². The second-order valence-corrected chi connectivity index (χ2v) is 6.87. The highest BCUT2D eigenvalue weighted by atomic mass is 16.2. The third kappa shape index (κ3) is 3.74. The molecule has 2 aliphatic rings. The van der Waals surface area contributed by atoms with Crippen molar-refractivity contribution in [1.29, 1.82) is 0 Å². The standard InChI is InChI=1S/C17H26N4O2/c1-12-10-18-21(13(2)14-7-8-14)17(12)19-15(22)11-20-9-5-3-4-6-16(20)23/h10,13-14H,3-9,11H2,1-2H3,(H,19,22). The van der Waals surface area contributed by atoms with Crippen LogP contribution >= 0.6 is 0 Å². The summed E-state index contributed by atoms with van der Waals surface area (Å²) in [5, 5.41) is 7.41. The molecule has 1 saturated carbocycles. The van der Waals surface area contributed by atoms with Crippen LogP contribution in [0.5, 0.6) is 0 Å². The highest BCUT2D eigenvalue weighted by Gasteiger charge is 2.31. The van der Waals surface area contributed by atoms with E-state index in [0.717, 1.165) is 30.6 Å². The maximum atomic E-state index is 12.4. The van der Waals surface area contributed by atoms with E-state index in [2.05, 4.69) is 17.3 Å². The molecule has 1 aromatic rings. The van der Waals surface area contributed by atoms with Gasteiger partial charge in [-0.05, 0) is 45.4 Å². The van der Waals surface area contributed by atoms with Gasteiger partial charge in [-0.25, -0.2) is 4.68 Å². The lowest BCUT2D eigenvalue weighted by atomic mass is 10.2. The molecule has 1 aromatic heterocycles. The van der Waals surface area contributed by atoms with Gasteiger partial charge in [0.1, 0.15) is 5.82 Å². The fraction of sp³-hybridized carbons (Fsp3) is 0.706. The molecule has 2 heterocycles. The molecule has 1 N–H and O–H groups in total. The molecular weight excluding hydrogens is 292 g/mol. The molecule has 0 bridgehead atoms. The molecule has 2 amide bonds. The van der Waals surface area contributed by atoms with Crippen molar-refractivity contribution in [3.05, 3.63) is 11.8 Å².